The second-order valence-corrected chi connectivity index (χ2v) is 4.68. The van der Waals surface area contributed by atoms with Gasteiger partial charge in [0.1, 0.15) is 18.1 Å². The summed E-state index contributed by atoms with van der Waals surface area (Å²) in [5.41, 5.74) is 1.27. The Bertz CT molecular complexity index is 658. The number of benzene rings is 1. The van der Waals surface area contributed by atoms with Gasteiger partial charge in [0.05, 0.1) is 23.4 Å². The smallest absolute Gasteiger partial charge is 0.338 e. The third kappa shape index (κ3) is 3.14. The Morgan fingerprint density at radius 2 is 2.26 bits per heavy atom. The molecule has 0 saturated carbocycles. The fourth-order valence-electron chi connectivity index (χ4n) is 1.53. The van der Waals surface area contributed by atoms with E-state index in [-0.39, 0.29) is 5.56 Å². The predicted octanol–water partition coefficient (Wildman–Crippen LogP) is 3.22. The molecule has 5 nitrogen and oxygen atoms in total. The number of anilines is 1. The molecule has 96 valence electrons. The molecule has 0 unspecified atom stereocenters. The van der Waals surface area contributed by atoms with Gasteiger partial charge in [-0.25, -0.2) is 4.79 Å². The van der Waals surface area contributed by atoms with E-state index in [1.54, 1.807) is 18.2 Å². The number of furan rings is 1. The van der Waals surface area contributed by atoms with Gasteiger partial charge >= 0.3 is 5.97 Å². The van der Waals surface area contributed by atoms with Gasteiger partial charge in [0.25, 0.3) is 0 Å². The molecule has 0 saturated heterocycles. The molecule has 0 radical (unpaired) electrons. The number of halogens is 1. The lowest BCUT2D eigenvalue weighted by molar-refractivity contribution is 0.0696. The van der Waals surface area contributed by atoms with Crippen molar-refractivity contribution in [2.75, 3.05) is 5.32 Å². The third-order valence-corrected chi connectivity index (χ3v) is 2.95. The zero-order valence-electron chi connectivity index (χ0n) is 9.68. The Hall–Kier alpha value is -2.26. The monoisotopic (exact) mass is 320 g/mol. The van der Waals surface area contributed by atoms with E-state index in [0.29, 0.717) is 23.6 Å². The summed E-state index contributed by atoms with van der Waals surface area (Å²) in [6, 6.07) is 8.76. The number of carboxylic acids is 1. The van der Waals surface area contributed by atoms with Crippen LogP contribution in [0.5, 0.6) is 0 Å². The molecule has 1 aromatic heterocycles. The van der Waals surface area contributed by atoms with E-state index in [4.69, 9.17) is 14.8 Å². The molecule has 0 bridgehead atoms. The van der Waals surface area contributed by atoms with Crippen molar-refractivity contribution in [2.45, 2.75) is 6.54 Å². The molecule has 19 heavy (non-hydrogen) atoms. The summed E-state index contributed by atoms with van der Waals surface area (Å²) >= 11 is 3.32. The quantitative estimate of drug-likeness (QED) is 0.903. The van der Waals surface area contributed by atoms with Crippen molar-refractivity contribution in [1.82, 2.24) is 0 Å². The molecule has 6 heteroatoms. The summed E-state index contributed by atoms with van der Waals surface area (Å²) in [4.78, 5) is 10.7. The van der Waals surface area contributed by atoms with Crippen molar-refractivity contribution in [2.24, 2.45) is 0 Å². The lowest BCUT2D eigenvalue weighted by Gasteiger charge is -2.06. The zero-order valence-corrected chi connectivity index (χ0v) is 11.3. The van der Waals surface area contributed by atoms with Crippen LogP contribution in [0.3, 0.4) is 0 Å². The van der Waals surface area contributed by atoms with Gasteiger partial charge in [0.2, 0.25) is 0 Å². The van der Waals surface area contributed by atoms with Gasteiger partial charge < -0.3 is 14.8 Å². The van der Waals surface area contributed by atoms with Crippen LogP contribution in [0.2, 0.25) is 0 Å². The first-order chi connectivity index (χ1) is 9.10. The number of aromatic carboxylic acids is 1. The average Bonchev–Trinajstić information content (AvgIpc) is 2.85. The first-order valence-electron chi connectivity index (χ1n) is 5.34. The molecule has 2 rings (SSSR count). The van der Waals surface area contributed by atoms with E-state index < -0.39 is 5.97 Å². The molecule has 2 N–H and O–H groups in total. The average molecular weight is 321 g/mol. The van der Waals surface area contributed by atoms with E-state index >= 15 is 0 Å². The van der Waals surface area contributed by atoms with Crippen molar-refractivity contribution in [3.63, 3.8) is 0 Å². The van der Waals surface area contributed by atoms with E-state index in [9.17, 15) is 4.79 Å². The minimum atomic E-state index is -1.03. The first-order valence-corrected chi connectivity index (χ1v) is 6.13. The number of nitrogens with one attached hydrogen (secondary N) is 1. The van der Waals surface area contributed by atoms with Gasteiger partial charge in [-0.1, -0.05) is 15.9 Å². The van der Waals surface area contributed by atoms with Crippen molar-refractivity contribution >= 4 is 27.6 Å². The van der Waals surface area contributed by atoms with Crippen molar-refractivity contribution in [1.29, 1.82) is 5.26 Å². The highest BCUT2D eigenvalue weighted by atomic mass is 79.9. The highest BCUT2D eigenvalue weighted by molar-refractivity contribution is 9.10. The number of rotatable bonds is 4. The van der Waals surface area contributed by atoms with Crippen LogP contribution in [0.25, 0.3) is 0 Å². The number of carboxylic acid groups (broad SMARTS) is 1. The second kappa shape index (κ2) is 5.59. The van der Waals surface area contributed by atoms with E-state index in [1.807, 2.05) is 0 Å². The molecule has 0 spiro atoms. The first kappa shape index (κ1) is 13.2. The summed E-state index contributed by atoms with van der Waals surface area (Å²) in [5, 5.41) is 20.8. The SMILES string of the molecule is N#Cc1ccc(Br)cc1NCc1cc(C(=O)O)co1. The van der Waals surface area contributed by atoms with Crippen molar-refractivity contribution in [3.8, 4) is 6.07 Å². The summed E-state index contributed by atoms with van der Waals surface area (Å²) in [6.07, 6.45) is 1.19. The fraction of sp³-hybridized carbons (Fsp3) is 0.0769. The minimum absolute atomic E-state index is 0.103. The molecule has 0 fully saturated rings. The topological polar surface area (TPSA) is 86.3 Å². The number of nitrogens with zero attached hydrogens (tertiary/aromatic N) is 1. The number of hydrogen-bond donors (Lipinski definition) is 2. The second-order valence-electron chi connectivity index (χ2n) is 3.76. The van der Waals surface area contributed by atoms with Crippen LogP contribution in [-0.2, 0) is 6.54 Å². The van der Waals surface area contributed by atoms with Crippen LogP contribution in [0.1, 0.15) is 21.7 Å². The van der Waals surface area contributed by atoms with Crippen molar-refractivity contribution < 1.29 is 14.3 Å². The molecule has 1 aromatic carbocycles. The maximum Gasteiger partial charge on any atom is 0.338 e. The summed E-state index contributed by atoms with van der Waals surface area (Å²) < 4.78 is 5.96. The number of hydrogen-bond acceptors (Lipinski definition) is 4. The third-order valence-electron chi connectivity index (χ3n) is 2.46. The zero-order chi connectivity index (χ0) is 13.8. The molecule has 2 aromatic rings. The van der Waals surface area contributed by atoms with Crippen LogP contribution >= 0.6 is 15.9 Å². The van der Waals surface area contributed by atoms with Crippen LogP contribution in [0.4, 0.5) is 5.69 Å². The van der Waals surface area contributed by atoms with Crippen LogP contribution in [0, 0.1) is 11.3 Å². The molecule has 0 aliphatic carbocycles. The van der Waals surface area contributed by atoms with Gasteiger partial charge in [-0.05, 0) is 24.3 Å². The summed E-state index contributed by atoms with van der Waals surface area (Å²) in [5.74, 6) is -0.545. The number of carbonyl (C=O) groups is 1. The molecule has 1 heterocycles. The lowest BCUT2D eigenvalue weighted by atomic mass is 10.2. The Labute approximate surface area is 117 Å². The van der Waals surface area contributed by atoms with Crippen LogP contribution in [0.15, 0.2) is 39.4 Å². The molecular formula is C13H9BrN2O3. The highest BCUT2D eigenvalue weighted by Gasteiger charge is 2.09. The lowest BCUT2D eigenvalue weighted by Crippen LogP contribution is -2.00. The maximum absolute atomic E-state index is 10.7. The van der Waals surface area contributed by atoms with Gasteiger partial charge in [0.15, 0.2) is 0 Å². The van der Waals surface area contributed by atoms with Crippen molar-refractivity contribution in [3.05, 3.63) is 51.9 Å². The Kier molecular flexibility index (Phi) is 3.88. The van der Waals surface area contributed by atoms with Gasteiger partial charge in [-0.15, -0.1) is 0 Å². The summed E-state index contributed by atoms with van der Waals surface area (Å²) in [6.45, 7) is 0.304. The van der Waals surface area contributed by atoms with Gasteiger partial charge in [-0.3, -0.25) is 0 Å². The largest absolute Gasteiger partial charge is 0.478 e. The maximum atomic E-state index is 10.7. The molecule has 0 aliphatic heterocycles. The molecule has 0 amide bonds. The molecule has 0 aliphatic rings. The van der Waals surface area contributed by atoms with Gasteiger partial charge in [-0.2, -0.15) is 5.26 Å². The van der Waals surface area contributed by atoms with Gasteiger partial charge in [0, 0.05) is 4.47 Å². The number of nitriles is 1. The van der Waals surface area contributed by atoms with E-state index in [1.165, 1.54) is 12.3 Å². The normalized spacial score (nSPS) is 9.89. The summed E-state index contributed by atoms with van der Waals surface area (Å²) in [7, 11) is 0. The molecule has 0 atom stereocenters. The standard InChI is InChI=1S/C13H9BrN2O3/c14-10-2-1-8(5-15)12(4-10)16-6-11-3-9(7-19-11)13(17)18/h1-4,7,16H,6H2,(H,17,18). The van der Waals surface area contributed by atoms with E-state index in [2.05, 4.69) is 27.3 Å². The fourth-order valence-corrected chi connectivity index (χ4v) is 1.89. The van der Waals surface area contributed by atoms with E-state index in [0.717, 1.165) is 4.47 Å². The Morgan fingerprint density at radius 1 is 1.47 bits per heavy atom. The Morgan fingerprint density at radius 3 is 2.89 bits per heavy atom. The highest BCUT2D eigenvalue weighted by Crippen LogP contribution is 2.21. The van der Waals surface area contributed by atoms with Crippen LogP contribution in [-0.4, -0.2) is 11.1 Å². The molecular weight excluding hydrogens is 312 g/mol. The Balaban J connectivity index is 2.12. The van der Waals surface area contributed by atoms with Crippen LogP contribution < -0.4 is 5.32 Å². The minimum Gasteiger partial charge on any atom is -0.478 e. The predicted molar refractivity (Wildman–Crippen MR) is 71.9 cm³/mol.